The highest BCUT2D eigenvalue weighted by Gasteiger charge is 2.51. The van der Waals surface area contributed by atoms with Crippen LogP contribution in [0.2, 0.25) is 0 Å². The Balaban J connectivity index is 1.63. The van der Waals surface area contributed by atoms with Crippen LogP contribution in [-0.4, -0.2) is 0 Å². The van der Waals surface area contributed by atoms with Crippen molar-refractivity contribution in [2.75, 3.05) is 0 Å². The van der Waals surface area contributed by atoms with Gasteiger partial charge in [0.15, 0.2) is 0 Å². The number of fused-ring (bicyclic) bond motifs is 13. The van der Waals surface area contributed by atoms with Crippen LogP contribution in [0.15, 0.2) is 121 Å². The molecule has 0 heteroatoms. The second-order valence-electron chi connectivity index (χ2n) is 9.30. The molecular weight excluding hydrogens is 396 g/mol. The van der Waals surface area contributed by atoms with Gasteiger partial charge >= 0.3 is 0 Å². The lowest BCUT2D eigenvalue weighted by Gasteiger charge is -2.30. The van der Waals surface area contributed by atoms with Crippen molar-refractivity contribution in [1.82, 2.24) is 0 Å². The lowest BCUT2D eigenvalue weighted by Crippen LogP contribution is -2.25. The maximum Gasteiger partial charge on any atom is 0.0725 e. The summed E-state index contributed by atoms with van der Waals surface area (Å²) in [5.74, 6) is 0. The molecule has 0 nitrogen and oxygen atoms in total. The molecule has 2 aliphatic rings. The minimum atomic E-state index is -0.286. The first kappa shape index (κ1) is 17.4. The second kappa shape index (κ2) is 5.99. The molecule has 0 amide bonds. The van der Waals surface area contributed by atoms with Crippen molar-refractivity contribution in [3.8, 4) is 22.3 Å². The highest BCUT2D eigenvalue weighted by Crippen LogP contribution is 2.63. The zero-order valence-electron chi connectivity index (χ0n) is 18.0. The highest BCUT2D eigenvalue weighted by atomic mass is 14.5. The van der Waals surface area contributed by atoms with Gasteiger partial charge in [-0.1, -0.05) is 109 Å². The Kier molecular flexibility index (Phi) is 3.16. The molecule has 0 N–H and O–H groups in total. The summed E-state index contributed by atoms with van der Waals surface area (Å²) in [7, 11) is 0. The molecule has 2 aliphatic carbocycles. The van der Waals surface area contributed by atoms with Crippen LogP contribution in [0.4, 0.5) is 0 Å². The Morgan fingerprint density at radius 1 is 0.364 bits per heavy atom. The molecule has 1 atom stereocenters. The Morgan fingerprint density at radius 3 is 1.79 bits per heavy atom. The van der Waals surface area contributed by atoms with Gasteiger partial charge in [-0.05, 0) is 78.2 Å². The van der Waals surface area contributed by atoms with E-state index >= 15 is 0 Å². The normalized spacial score (nSPS) is 17.2. The maximum absolute atomic E-state index is 2.45. The van der Waals surface area contributed by atoms with Gasteiger partial charge < -0.3 is 0 Å². The summed E-state index contributed by atoms with van der Waals surface area (Å²) in [4.78, 5) is 0. The van der Waals surface area contributed by atoms with Gasteiger partial charge in [-0.2, -0.15) is 0 Å². The minimum Gasteiger partial charge on any atom is -0.0619 e. The molecule has 1 spiro atoms. The lowest BCUT2D eigenvalue weighted by atomic mass is 9.70. The van der Waals surface area contributed by atoms with E-state index in [1.807, 2.05) is 0 Å². The summed E-state index contributed by atoms with van der Waals surface area (Å²) in [5, 5.41) is 5.24. The van der Waals surface area contributed by atoms with Crippen molar-refractivity contribution in [1.29, 1.82) is 0 Å². The van der Waals surface area contributed by atoms with E-state index in [4.69, 9.17) is 0 Å². The van der Waals surface area contributed by atoms with E-state index < -0.39 is 0 Å². The Morgan fingerprint density at radius 2 is 0.970 bits per heavy atom. The Hall–Kier alpha value is -4.16. The van der Waals surface area contributed by atoms with Crippen molar-refractivity contribution >= 4 is 21.5 Å². The van der Waals surface area contributed by atoms with Gasteiger partial charge in [-0.3, -0.25) is 0 Å². The minimum absolute atomic E-state index is 0.286. The predicted molar refractivity (Wildman–Crippen MR) is 138 cm³/mol. The van der Waals surface area contributed by atoms with Gasteiger partial charge in [-0.15, -0.1) is 0 Å². The lowest BCUT2D eigenvalue weighted by molar-refractivity contribution is 0.795. The van der Waals surface area contributed by atoms with Crippen LogP contribution in [0.25, 0.3) is 43.8 Å². The van der Waals surface area contributed by atoms with E-state index in [0.717, 1.165) is 0 Å². The molecule has 152 valence electrons. The molecular formula is C33H20. The molecule has 6 aromatic carbocycles. The van der Waals surface area contributed by atoms with Crippen LogP contribution in [0.3, 0.4) is 0 Å². The summed E-state index contributed by atoms with van der Waals surface area (Å²) >= 11 is 0. The molecule has 0 aliphatic heterocycles. The van der Waals surface area contributed by atoms with Gasteiger partial charge in [0, 0.05) is 0 Å². The maximum atomic E-state index is 2.45. The third kappa shape index (κ3) is 1.98. The zero-order valence-corrected chi connectivity index (χ0v) is 18.0. The summed E-state index contributed by atoms with van der Waals surface area (Å²) in [6, 6.07) is 45.2. The summed E-state index contributed by atoms with van der Waals surface area (Å²) < 4.78 is 0. The van der Waals surface area contributed by atoms with Gasteiger partial charge in [0.25, 0.3) is 0 Å². The monoisotopic (exact) mass is 416 g/mol. The largest absolute Gasteiger partial charge is 0.0725 e. The van der Waals surface area contributed by atoms with Crippen LogP contribution in [0, 0.1) is 0 Å². The van der Waals surface area contributed by atoms with Gasteiger partial charge in [0.2, 0.25) is 0 Å². The number of rotatable bonds is 0. The average Bonchev–Trinajstić information content (AvgIpc) is 3.34. The molecule has 0 radical (unpaired) electrons. The van der Waals surface area contributed by atoms with E-state index in [9.17, 15) is 0 Å². The number of hydrogen-bond donors (Lipinski definition) is 0. The predicted octanol–water partition coefficient (Wildman–Crippen LogP) is 8.34. The topological polar surface area (TPSA) is 0 Å². The molecule has 1 unspecified atom stereocenters. The summed E-state index contributed by atoms with van der Waals surface area (Å²) in [6.07, 6.45) is 0. The first-order chi connectivity index (χ1) is 16.4. The molecule has 0 saturated carbocycles. The van der Waals surface area contributed by atoms with E-state index in [2.05, 4.69) is 121 Å². The fraction of sp³-hybridized carbons (Fsp3) is 0.0303. The van der Waals surface area contributed by atoms with Crippen LogP contribution in [0.5, 0.6) is 0 Å². The number of benzene rings is 6. The van der Waals surface area contributed by atoms with Crippen LogP contribution >= 0.6 is 0 Å². The Labute approximate surface area is 192 Å². The van der Waals surface area contributed by atoms with Gasteiger partial charge in [0.1, 0.15) is 0 Å². The number of hydrogen-bond acceptors (Lipinski definition) is 0. The molecule has 0 saturated heterocycles. The van der Waals surface area contributed by atoms with E-state index in [1.165, 1.54) is 66.1 Å². The third-order valence-corrected chi connectivity index (χ3v) is 7.84. The summed E-state index contributed by atoms with van der Waals surface area (Å²) in [6.45, 7) is 0. The molecule has 8 rings (SSSR count). The van der Waals surface area contributed by atoms with E-state index in [1.54, 1.807) is 0 Å². The van der Waals surface area contributed by atoms with Crippen LogP contribution < -0.4 is 0 Å². The standard InChI is InChI=1S/C33H20/c1-2-11-23-20-31-27(19-22(23)10-1)25-13-5-7-15-28(25)33(31)29-16-8-6-14-26(29)32-24-12-4-3-9-21(24)17-18-30(32)33/h1-20H. The van der Waals surface area contributed by atoms with E-state index in [0.29, 0.717) is 0 Å². The fourth-order valence-corrected chi connectivity index (χ4v) is 6.59. The zero-order chi connectivity index (χ0) is 21.6. The quantitative estimate of drug-likeness (QED) is 0.233. The van der Waals surface area contributed by atoms with Crippen molar-refractivity contribution in [3.05, 3.63) is 144 Å². The summed E-state index contributed by atoms with van der Waals surface area (Å²) in [5.41, 5.74) is 10.8. The molecule has 0 bridgehead atoms. The van der Waals surface area contributed by atoms with Crippen LogP contribution in [0.1, 0.15) is 22.3 Å². The first-order valence-corrected chi connectivity index (χ1v) is 11.6. The van der Waals surface area contributed by atoms with Gasteiger partial charge in [0.05, 0.1) is 5.41 Å². The molecule has 6 aromatic rings. The Bertz CT molecular complexity index is 1760. The average molecular weight is 417 g/mol. The van der Waals surface area contributed by atoms with Gasteiger partial charge in [-0.25, -0.2) is 0 Å². The first-order valence-electron chi connectivity index (χ1n) is 11.6. The molecule has 0 aromatic heterocycles. The molecule has 0 heterocycles. The smallest absolute Gasteiger partial charge is 0.0619 e. The van der Waals surface area contributed by atoms with Crippen molar-refractivity contribution in [2.24, 2.45) is 0 Å². The third-order valence-electron chi connectivity index (χ3n) is 7.84. The van der Waals surface area contributed by atoms with Crippen LogP contribution in [-0.2, 0) is 5.41 Å². The van der Waals surface area contributed by atoms with E-state index in [-0.39, 0.29) is 5.41 Å². The van der Waals surface area contributed by atoms with Crippen molar-refractivity contribution < 1.29 is 0 Å². The van der Waals surface area contributed by atoms with Crippen molar-refractivity contribution in [3.63, 3.8) is 0 Å². The fourth-order valence-electron chi connectivity index (χ4n) is 6.59. The molecule has 33 heavy (non-hydrogen) atoms. The second-order valence-corrected chi connectivity index (χ2v) is 9.30. The van der Waals surface area contributed by atoms with Crippen molar-refractivity contribution in [2.45, 2.75) is 5.41 Å². The highest BCUT2D eigenvalue weighted by molar-refractivity contribution is 6.07. The SMILES string of the molecule is c1ccc2c(c1)-c1cc3ccccc3cc1C21c2ccccc2-c2c1ccc1ccccc21. The molecule has 0 fully saturated rings.